The number of carbonyl (C=O) groups excluding carboxylic acids is 1. The average Bonchev–Trinajstić information content (AvgIpc) is 2.63. The van der Waals surface area contributed by atoms with Crippen LogP contribution in [0.5, 0.6) is 0 Å². The van der Waals surface area contributed by atoms with Crippen molar-refractivity contribution in [1.29, 1.82) is 5.26 Å². The second-order valence-electron chi connectivity index (χ2n) is 7.11. The topological polar surface area (TPSA) is 50.1 Å². The molecule has 0 N–H and O–H groups in total. The summed E-state index contributed by atoms with van der Waals surface area (Å²) in [6, 6.07) is 1.45. The number of nitrogens with zero attached hydrogens (tertiary/aromatic N) is 1. The summed E-state index contributed by atoms with van der Waals surface area (Å²) in [5.74, 6) is 0.498. The first kappa shape index (κ1) is 18.7. The fourth-order valence-corrected chi connectivity index (χ4v) is 3.80. The van der Waals surface area contributed by atoms with E-state index in [2.05, 4.69) is 6.92 Å². The summed E-state index contributed by atoms with van der Waals surface area (Å²) in [5, 5.41) is 8.35. The van der Waals surface area contributed by atoms with Crippen molar-refractivity contribution >= 4 is 5.97 Å². The van der Waals surface area contributed by atoms with E-state index >= 15 is 0 Å². The SMILES string of the molecule is CC[C@H]1CC[C@H](C(=O)OC2CCC(/C=C/C=C(F)C#N)CC2)CC1. The highest BCUT2D eigenvalue weighted by molar-refractivity contribution is 5.72. The normalized spacial score (nSPS) is 31.6. The van der Waals surface area contributed by atoms with Gasteiger partial charge in [0.25, 0.3) is 0 Å². The van der Waals surface area contributed by atoms with Gasteiger partial charge in [0.1, 0.15) is 12.2 Å². The summed E-state index contributed by atoms with van der Waals surface area (Å²) in [7, 11) is 0. The highest BCUT2D eigenvalue weighted by Crippen LogP contribution is 2.33. The van der Waals surface area contributed by atoms with E-state index in [-0.39, 0.29) is 18.0 Å². The first-order valence-electron chi connectivity index (χ1n) is 9.27. The summed E-state index contributed by atoms with van der Waals surface area (Å²) in [5.41, 5.74) is 0. The molecule has 2 rings (SSSR count). The quantitative estimate of drug-likeness (QED) is 0.393. The van der Waals surface area contributed by atoms with Gasteiger partial charge in [0.05, 0.1) is 5.92 Å². The van der Waals surface area contributed by atoms with E-state index in [4.69, 9.17) is 10.00 Å². The molecule has 0 aromatic rings. The van der Waals surface area contributed by atoms with Gasteiger partial charge in [0, 0.05) is 0 Å². The maximum atomic E-state index is 12.7. The molecule has 0 amide bonds. The van der Waals surface area contributed by atoms with Crippen LogP contribution in [0.2, 0.25) is 0 Å². The molecule has 132 valence electrons. The first-order valence-corrected chi connectivity index (χ1v) is 9.27. The molecule has 0 aliphatic heterocycles. The number of hydrogen-bond acceptors (Lipinski definition) is 3. The molecule has 0 radical (unpaired) electrons. The lowest BCUT2D eigenvalue weighted by atomic mass is 9.81. The number of rotatable bonds is 5. The van der Waals surface area contributed by atoms with E-state index in [1.807, 2.05) is 6.08 Å². The molecule has 4 heteroatoms. The van der Waals surface area contributed by atoms with Gasteiger partial charge in [-0.3, -0.25) is 4.79 Å². The third kappa shape index (κ3) is 5.78. The molecule has 24 heavy (non-hydrogen) atoms. The van der Waals surface area contributed by atoms with Crippen molar-refractivity contribution in [1.82, 2.24) is 0 Å². The predicted octanol–water partition coefficient (Wildman–Crippen LogP) is 5.24. The van der Waals surface area contributed by atoms with Crippen molar-refractivity contribution in [2.24, 2.45) is 17.8 Å². The Kier molecular flexibility index (Phi) is 7.49. The summed E-state index contributed by atoms with van der Waals surface area (Å²) < 4.78 is 18.4. The van der Waals surface area contributed by atoms with Crippen molar-refractivity contribution in [2.75, 3.05) is 0 Å². The average molecular weight is 333 g/mol. The lowest BCUT2D eigenvalue weighted by Crippen LogP contribution is -2.29. The Morgan fingerprint density at radius 1 is 1.17 bits per heavy atom. The van der Waals surface area contributed by atoms with Gasteiger partial charge in [-0.15, -0.1) is 0 Å². The summed E-state index contributed by atoms with van der Waals surface area (Å²) in [6.45, 7) is 2.22. The molecule has 0 heterocycles. The summed E-state index contributed by atoms with van der Waals surface area (Å²) in [6.07, 6.45) is 13.9. The maximum Gasteiger partial charge on any atom is 0.309 e. The van der Waals surface area contributed by atoms with Gasteiger partial charge < -0.3 is 4.74 Å². The Hall–Kier alpha value is -1.63. The van der Waals surface area contributed by atoms with Crippen molar-refractivity contribution in [3.63, 3.8) is 0 Å². The van der Waals surface area contributed by atoms with Crippen molar-refractivity contribution < 1.29 is 13.9 Å². The van der Waals surface area contributed by atoms with E-state index < -0.39 is 5.83 Å². The van der Waals surface area contributed by atoms with Crippen molar-refractivity contribution in [3.8, 4) is 6.07 Å². The van der Waals surface area contributed by atoms with Gasteiger partial charge in [0.15, 0.2) is 5.83 Å². The van der Waals surface area contributed by atoms with Crippen LogP contribution in [0.15, 0.2) is 24.1 Å². The summed E-state index contributed by atoms with van der Waals surface area (Å²) in [4.78, 5) is 12.3. The molecule has 2 saturated carbocycles. The Balaban J connectivity index is 1.69. The summed E-state index contributed by atoms with van der Waals surface area (Å²) >= 11 is 0. The smallest absolute Gasteiger partial charge is 0.309 e. The van der Waals surface area contributed by atoms with Crippen LogP contribution in [-0.2, 0) is 9.53 Å². The Morgan fingerprint density at radius 3 is 2.42 bits per heavy atom. The van der Waals surface area contributed by atoms with E-state index in [0.717, 1.165) is 57.3 Å². The molecule has 0 saturated heterocycles. The standard InChI is InChI=1S/C20H28FNO2/c1-2-15-6-10-17(11-7-15)20(23)24-19-12-8-16(9-13-19)4-3-5-18(21)14-22/h3-5,15-17,19H,2,6-13H2,1H3/b4-3+,18-5?/t15-,16?,17-,19?. The van der Waals surface area contributed by atoms with Gasteiger partial charge in [-0.25, -0.2) is 0 Å². The van der Waals surface area contributed by atoms with Crippen LogP contribution < -0.4 is 0 Å². The van der Waals surface area contributed by atoms with Crippen molar-refractivity contribution in [3.05, 3.63) is 24.1 Å². The minimum Gasteiger partial charge on any atom is -0.462 e. The van der Waals surface area contributed by atoms with Crippen LogP contribution in [0.3, 0.4) is 0 Å². The van der Waals surface area contributed by atoms with Crippen LogP contribution in [-0.4, -0.2) is 12.1 Å². The zero-order chi connectivity index (χ0) is 17.4. The van der Waals surface area contributed by atoms with Gasteiger partial charge in [-0.05, 0) is 69.3 Å². The molecule has 2 fully saturated rings. The minimum atomic E-state index is -0.772. The second kappa shape index (κ2) is 9.61. The van der Waals surface area contributed by atoms with E-state index in [9.17, 15) is 9.18 Å². The molecule has 0 aromatic heterocycles. The van der Waals surface area contributed by atoms with Gasteiger partial charge >= 0.3 is 5.97 Å². The van der Waals surface area contributed by atoms with Crippen LogP contribution >= 0.6 is 0 Å². The second-order valence-corrected chi connectivity index (χ2v) is 7.11. The zero-order valence-corrected chi connectivity index (χ0v) is 14.5. The molecule has 0 bridgehead atoms. The fraction of sp³-hybridized carbons (Fsp3) is 0.700. The molecular weight excluding hydrogens is 305 g/mol. The third-order valence-corrected chi connectivity index (χ3v) is 5.49. The highest BCUT2D eigenvalue weighted by Gasteiger charge is 2.29. The number of esters is 1. The van der Waals surface area contributed by atoms with E-state index in [0.29, 0.717) is 5.92 Å². The van der Waals surface area contributed by atoms with Crippen LogP contribution in [0.25, 0.3) is 0 Å². The zero-order valence-electron chi connectivity index (χ0n) is 14.5. The number of carbonyl (C=O) groups is 1. The van der Waals surface area contributed by atoms with Crippen LogP contribution in [0.1, 0.15) is 64.7 Å². The monoisotopic (exact) mass is 333 g/mol. The molecule has 0 aromatic carbocycles. The number of halogens is 1. The van der Waals surface area contributed by atoms with Gasteiger partial charge in [-0.2, -0.15) is 9.65 Å². The number of allylic oxidation sites excluding steroid dienone is 4. The Labute approximate surface area is 144 Å². The van der Waals surface area contributed by atoms with E-state index in [1.54, 1.807) is 6.08 Å². The molecular formula is C20H28FNO2. The highest BCUT2D eigenvalue weighted by atomic mass is 19.1. The number of hydrogen-bond donors (Lipinski definition) is 0. The number of ether oxygens (including phenoxy) is 1. The largest absolute Gasteiger partial charge is 0.462 e. The molecule has 2 aliphatic carbocycles. The third-order valence-electron chi connectivity index (χ3n) is 5.49. The Bertz CT molecular complexity index is 504. The van der Waals surface area contributed by atoms with Crippen LogP contribution in [0.4, 0.5) is 4.39 Å². The van der Waals surface area contributed by atoms with Gasteiger partial charge in [-0.1, -0.05) is 25.5 Å². The maximum absolute atomic E-state index is 12.7. The Morgan fingerprint density at radius 2 is 1.83 bits per heavy atom. The van der Waals surface area contributed by atoms with Crippen molar-refractivity contribution in [2.45, 2.75) is 70.8 Å². The molecule has 0 atom stereocenters. The first-order chi connectivity index (χ1) is 11.6. The van der Waals surface area contributed by atoms with Gasteiger partial charge in [0.2, 0.25) is 0 Å². The minimum absolute atomic E-state index is 0.00238. The number of nitriles is 1. The fourth-order valence-electron chi connectivity index (χ4n) is 3.80. The lowest BCUT2D eigenvalue weighted by Gasteiger charge is -2.30. The molecule has 2 aliphatic rings. The lowest BCUT2D eigenvalue weighted by molar-refractivity contribution is -0.157. The predicted molar refractivity (Wildman–Crippen MR) is 91.5 cm³/mol. The molecule has 3 nitrogen and oxygen atoms in total. The molecule has 0 spiro atoms. The van der Waals surface area contributed by atoms with Crippen LogP contribution in [0, 0.1) is 29.1 Å². The molecule has 0 unspecified atom stereocenters. The van der Waals surface area contributed by atoms with E-state index in [1.165, 1.54) is 18.6 Å².